The molecule has 0 N–H and O–H groups in total. The van der Waals surface area contributed by atoms with Gasteiger partial charge < -0.3 is 0 Å². The summed E-state index contributed by atoms with van der Waals surface area (Å²) in [5.74, 6) is 0.442. The Hall–Kier alpha value is -0.850. The second kappa shape index (κ2) is 2.07. The van der Waals surface area contributed by atoms with Gasteiger partial charge in [0.1, 0.15) is 0 Å². The van der Waals surface area contributed by atoms with Crippen LogP contribution in [0.25, 0.3) is 0 Å². The first-order chi connectivity index (χ1) is 5.20. The van der Waals surface area contributed by atoms with Gasteiger partial charge in [-0.15, -0.1) is 0 Å². The van der Waals surface area contributed by atoms with Crippen LogP contribution in [0.1, 0.15) is 42.6 Å². The summed E-state index contributed by atoms with van der Waals surface area (Å²) in [5.41, 5.74) is 2.90. The lowest BCUT2D eigenvalue weighted by Gasteiger charge is -2.25. The Morgan fingerprint density at radius 3 is 2.45 bits per heavy atom. The van der Waals surface area contributed by atoms with Crippen LogP contribution in [-0.4, -0.2) is 0 Å². The van der Waals surface area contributed by atoms with E-state index in [1.807, 2.05) is 18.2 Å². The topological polar surface area (TPSA) is 0 Å². The minimum Gasteiger partial charge on any atom is -0.237 e. The quantitative estimate of drug-likeness (QED) is 0.576. The first kappa shape index (κ1) is 6.84. The second-order valence-corrected chi connectivity index (χ2v) is 3.41. The van der Waals surface area contributed by atoms with Crippen molar-refractivity contribution in [1.82, 2.24) is 0 Å². The molecule has 58 valence electrons. The fourth-order valence-corrected chi connectivity index (χ4v) is 1.58. The Balaban J connectivity index is 2.47. The van der Waals surface area contributed by atoms with E-state index < -0.39 is 6.17 Å². The summed E-state index contributed by atoms with van der Waals surface area (Å²) >= 11 is 0. The van der Waals surface area contributed by atoms with Gasteiger partial charge in [0, 0.05) is 0 Å². The van der Waals surface area contributed by atoms with Crippen LogP contribution in [0.15, 0.2) is 18.2 Å². The van der Waals surface area contributed by atoms with Gasteiger partial charge in [-0.3, -0.25) is 0 Å². The smallest absolute Gasteiger partial charge is 0.151 e. The maximum absolute atomic E-state index is 13.1. The second-order valence-electron chi connectivity index (χ2n) is 3.41. The van der Waals surface area contributed by atoms with Gasteiger partial charge >= 0.3 is 0 Å². The van der Waals surface area contributed by atoms with E-state index in [1.165, 1.54) is 0 Å². The van der Waals surface area contributed by atoms with E-state index in [-0.39, 0.29) is 0 Å². The number of fused-ring (bicyclic) bond motifs is 2. The predicted molar refractivity (Wildman–Crippen MR) is 43.5 cm³/mol. The van der Waals surface area contributed by atoms with E-state index >= 15 is 0 Å². The molecule has 0 nitrogen and oxygen atoms in total. The fraction of sp³-hybridized carbons (Fsp3) is 0.400. The van der Waals surface area contributed by atoms with Gasteiger partial charge in [0.2, 0.25) is 0 Å². The summed E-state index contributed by atoms with van der Waals surface area (Å²) in [6, 6.07) is 5.86. The van der Waals surface area contributed by atoms with Crippen molar-refractivity contribution in [1.29, 1.82) is 0 Å². The number of hydrogen-bond acceptors (Lipinski definition) is 0. The van der Waals surface area contributed by atoms with Gasteiger partial charge in [0.05, 0.1) is 0 Å². The van der Waals surface area contributed by atoms with Gasteiger partial charge in [-0.1, -0.05) is 26.0 Å². The van der Waals surface area contributed by atoms with Crippen LogP contribution in [0, 0.1) is 0 Å². The molecule has 0 aliphatic heterocycles. The zero-order valence-electron chi connectivity index (χ0n) is 6.76. The fourth-order valence-electron chi connectivity index (χ4n) is 1.58. The molecule has 0 saturated carbocycles. The van der Waals surface area contributed by atoms with Gasteiger partial charge in [0.15, 0.2) is 6.17 Å². The summed E-state index contributed by atoms with van der Waals surface area (Å²) in [6.07, 6.45) is -0.780. The molecule has 0 saturated heterocycles. The highest BCUT2D eigenvalue weighted by Crippen LogP contribution is 2.41. The zero-order chi connectivity index (χ0) is 8.01. The highest BCUT2D eigenvalue weighted by molar-refractivity contribution is 5.48. The lowest BCUT2D eigenvalue weighted by molar-refractivity contribution is 0.376. The predicted octanol–water partition coefficient (Wildman–Crippen LogP) is 3.18. The molecule has 0 fully saturated rings. The molecule has 2 bridgehead atoms. The number of benzene rings is 1. The monoisotopic (exact) mass is 150 g/mol. The molecule has 0 unspecified atom stereocenters. The van der Waals surface area contributed by atoms with Crippen molar-refractivity contribution < 1.29 is 4.39 Å². The largest absolute Gasteiger partial charge is 0.237 e. The van der Waals surface area contributed by atoms with Crippen LogP contribution >= 0.6 is 0 Å². The third kappa shape index (κ3) is 0.802. The van der Waals surface area contributed by atoms with Crippen molar-refractivity contribution in [2.24, 2.45) is 0 Å². The van der Waals surface area contributed by atoms with E-state index in [2.05, 4.69) is 13.8 Å². The molecule has 11 heavy (non-hydrogen) atoms. The Morgan fingerprint density at radius 1 is 1.36 bits per heavy atom. The normalized spacial score (nSPS) is 20.2. The third-order valence-electron chi connectivity index (χ3n) is 2.30. The maximum Gasteiger partial charge on any atom is 0.151 e. The molecular weight excluding hydrogens is 139 g/mol. The van der Waals surface area contributed by atoms with Crippen molar-refractivity contribution >= 4 is 0 Å². The van der Waals surface area contributed by atoms with Gasteiger partial charge in [-0.05, 0) is 28.7 Å². The van der Waals surface area contributed by atoms with Gasteiger partial charge in [-0.25, -0.2) is 4.39 Å². The van der Waals surface area contributed by atoms with Gasteiger partial charge in [-0.2, -0.15) is 0 Å². The zero-order valence-corrected chi connectivity index (χ0v) is 6.76. The first-order valence-electron chi connectivity index (χ1n) is 3.98. The molecular formula is C10H11F. The molecule has 1 atom stereocenters. The summed E-state index contributed by atoms with van der Waals surface area (Å²) in [6.45, 7) is 4.19. The van der Waals surface area contributed by atoms with Crippen molar-refractivity contribution in [3.8, 4) is 0 Å². The van der Waals surface area contributed by atoms with Crippen molar-refractivity contribution in [3.63, 3.8) is 0 Å². The number of alkyl halides is 1. The Morgan fingerprint density at radius 2 is 2.09 bits per heavy atom. The van der Waals surface area contributed by atoms with Crippen LogP contribution in [0.3, 0.4) is 0 Å². The molecule has 2 aliphatic rings. The van der Waals surface area contributed by atoms with E-state index in [4.69, 9.17) is 0 Å². The molecule has 1 heteroatoms. The number of rotatable bonds is 1. The van der Waals surface area contributed by atoms with Crippen molar-refractivity contribution in [2.75, 3.05) is 0 Å². The standard InChI is InChI=1S/C10H11F/c1-6(2)8-4-3-7-5-9(8)10(7)11/h3-6,10H,1-2H3/t10-/m0/s1. The molecule has 0 amide bonds. The minimum absolute atomic E-state index is 0.442. The minimum atomic E-state index is -0.780. The highest BCUT2D eigenvalue weighted by Gasteiger charge is 2.26. The molecule has 0 heterocycles. The maximum atomic E-state index is 13.1. The van der Waals surface area contributed by atoms with Crippen LogP contribution in [-0.2, 0) is 0 Å². The molecule has 0 spiro atoms. The number of hydrogen-bond donors (Lipinski definition) is 0. The summed E-state index contributed by atoms with van der Waals surface area (Å²) in [4.78, 5) is 0. The van der Waals surface area contributed by atoms with Crippen molar-refractivity contribution in [3.05, 3.63) is 34.9 Å². The van der Waals surface area contributed by atoms with Crippen LogP contribution in [0.5, 0.6) is 0 Å². The molecule has 1 aromatic rings. The lowest BCUT2D eigenvalue weighted by atomic mass is 9.82. The van der Waals surface area contributed by atoms with Crippen LogP contribution in [0.4, 0.5) is 4.39 Å². The SMILES string of the molecule is CC(C)c1ccc2cc1[C@H]2F. The van der Waals surface area contributed by atoms with Crippen molar-refractivity contribution in [2.45, 2.75) is 25.9 Å². The highest BCUT2D eigenvalue weighted by atomic mass is 19.1. The van der Waals surface area contributed by atoms with Crippen LogP contribution in [0.2, 0.25) is 0 Å². The van der Waals surface area contributed by atoms with E-state index in [0.29, 0.717) is 5.92 Å². The summed E-state index contributed by atoms with van der Waals surface area (Å²) in [7, 11) is 0. The molecule has 0 aromatic heterocycles. The summed E-state index contributed by atoms with van der Waals surface area (Å²) in [5, 5.41) is 0. The Bertz CT molecular complexity index is 285. The van der Waals surface area contributed by atoms with E-state index in [0.717, 1.165) is 16.7 Å². The van der Waals surface area contributed by atoms with E-state index in [1.54, 1.807) is 0 Å². The third-order valence-corrected chi connectivity index (χ3v) is 2.30. The van der Waals surface area contributed by atoms with Crippen LogP contribution < -0.4 is 0 Å². The Labute approximate surface area is 66.1 Å². The van der Waals surface area contributed by atoms with Gasteiger partial charge in [0.25, 0.3) is 0 Å². The number of halogens is 1. The molecule has 0 radical (unpaired) electrons. The summed E-state index contributed by atoms with van der Waals surface area (Å²) < 4.78 is 13.1. The molecule has 3 rings (SSSR count). The average molecular weight is 150 g/mol. The molecule has 1 aromatic carbocycles. The first-order valence-corrected chi connectivity index (χ1v) is 3.98. The lowest BCUT2D eigenvalue weighted by Crippen LogP contribution is -2.10. The molecule has 2 aliphatic carbocycles. The Kier molecular flexibility index (Phi) is 1.28. The average Bonchev–Trinajstić information content (AvgIpc) is 2.03. The van der Waals surface area contributed by atoms with E-state index in [9.17, 15) is 4.39 Å².